The molecule has 6 heteroatoms. The lowest BCUT2D eigenvalue weighted by Gasteiger charge is -2.32. The summed E-state index contributed by atoms with van der Waals surface area (Å²) in [4.78, 5) is 19.2. The number of methoxy groups -OCH3 is 1. The van der Waals surface area contributed by atoms with Gasteiger partial charge in [-0.05, 0) is 62.1 Å². The van der Waals surface area contributed by atoms with Crippen LogP contribution in [0.5, 0.6) is 5.75 Å². The number of pyridine rings is 1. The zero-order valence-electron chi connectivity index (χ0n) is 15.7. The molecule has 1 aromatic carbocycles. The Kier molecular flexibility index (Phi) is 7.07. The van der Waals surface area contributed by atoms with Crippen molar-refractivity contribution >= 4 is 23.2 Å². The number of nitrogens with one attached hydrogen (secondary N) is 1. The second kappa shape index (κ2) is 9.72. The molecule has 1 saturated heterocycles. The number of carbonyl (C=O) groups is 1. The minimum Gasteiger partial charge on any atom is -0.495 e. The molecule has 0 radical (unpaired) electrons. The summed E-state index contributed by atoms with van der Waals surface area (Å²) in [6.07, 6.45) is 5.56. The minimum absolute atomic E-state index is 0.00239. The fourth-order valence-electron chi connectivity index (χ4n) is 3.58. The molecule has 2 aromatic rings. The highest BCUT2D eigenvalue weighted by Gasteiger charge is 2.21. The number of piperidine rings is 1. The van der Waals surface area contributed by atoms with Gasteiger partial charge in [0.15, 0.2) is 0 Å². The van der Waals surface area contributed by atoms with Crippen molar-refractivity contribution in [2.75, 3.05) is 25.5 Å². The maximum Gasteiger partial charge on any atom is 0.224 e. The number of anilines is 1. The number of likely N-dealkylation sites (tertiary alicyclic amines) is 1. The summed E-state index contributed by atoms with van der Waals surface area (Å²) < 4.78 is 5.28. The van der Waals surface area contributed by atoms with Gasteiger partial charge in [-0.1, -0.05) is 17.7 Å². The van der Waals surface area contributed by atoms with Crippen LogP contribution in [-0.2, 0) is 11.3 Å². The number of hydrogen-bond acceptors (Lipinski definition) is 4. The Hall–Kier alpha value is -2.11. The number of carbonyl (C=O) groups excluding carboxylic acids is 1. The van der Waals surface area contributed by atoms with Crippen LogP contribution in [-0.4, -0.2) is 36.0 Å². The van der Waals surface area contributed by atoms with Crippen molar-refractivity contribution in [2.24, 2.45) is 5.92 Å². The molecule has 0 unspecified atom stereocenters. The number of hydrogen-bond donors (Lipinski definition) is 1. The Morgan fingerprint density at radius 3 is 3.04 bits per heavy atom. The van der Waals surface area contributed by atoms with Gasteiger partial charge >= 0.3 is 0 Å². The maximum absolute atomic E-state index is 12.4. The van der Waals surface area contributed by atoms with Gasteiger partial charge in [0.2, 0.25) is 5.91 Å². The lowest BCUT2D eigenvalue weighted by molar-refractivity contribution is -0.116. The van der Waals surface area contributed by atoms with E-state index >= 15 is 0 Å². The molecular weight excluding hydrogens is 362 g/mol. The highest BCUT2D eigenvalue weighted by molar-refractivity contribution is 6.31. The van der Waals surface area contributed by atoms with Gasteiger partial charge in [-0.15, -0.1) is 0 Å². The fourth-order valence-corrected chi connectivity index (χ4v) is 3.75. The van der Waals surface area contributed by atoms with Crippen molar-refractivity contribution in [3.05, 3.63) is 53.3 Å². The van der Waals surface area contributed by atoms with Crippen LogP contribution in [0.3, 0.4) is 0 Å². The maximum atomic E-state index is 12.4. The Bertz CT molecular complexity index is 754. The van der Waals surface area contributed by atoms with Crippen LogP contribution in [0.2, 0.25) is 5.02 Å². The number of benzene rings is 1. The van der Waals surface area contributed by atoms with E-state index in [0.717, 1.165) is 31.7 Å². The van der Waals surface area contributed by atoms with Crippen LogP contribution < -0.4 is 10.1 Å². The number of nitrogens with zero attached hydrogens (tertiary/aromatic N) is 2. The van der Waals surface area contributed by atoms with Crippen LogP contribution >= 0.6 is 11.6 Å². The van der Waals surface area contributed by atoms with Crippen molar-refractivity contribution in [3.63, 3.8) is 0 Å². The smallest absolute Gasteiger partial charge is 0.224 e. The topological polar surface area (TPSA) is 54.5 Å². The van der Waals surface area contributed by atoms with Crippen molar-refractivity contribution in [1.82, 2.24) is 9.88 Å². The van der Waals surface area contributed by atoms with Crippen LogP contribution in [0.25, 0.3) is 0 Å². The third-order valence-corrected chi connectivity index (χ3v) is 5.17. The first kappa shape index (κ1) is 19.6. The quantitative estimate of drug-likeness (QED) is 0.766. The molecule has 1 N–H and O–H groups in total. The minimum atomic E-state index is -0.00239. The molecule has 1 aliphatic rings. The summed E-state index contributed by atoms with van der Waals surface area (Å²) in [5.74, 6) is 1.15. The van der Waals surface area contributed by atoms with E-state index in [1.807, 2.05) is 18.3 Å². The standard InChI is InChI=1S/C21H26ClN3O2/c1-27-20-9-8-17(22)13-19(20)24-21(26)10-7-16-5-4-12-25(14-16)15-18-6-2-3-11-23-18/h2-3,6,8-9,11,13,16H,4-5,7,10,12,14-15H2,1H3,(H,24,26)/t16-/m0/s1. The Labute approximate surface area is 165 Å². The van der Waals surface area contributed by atoms with Crippen molar-refractivity contribution < 1.29 is 9.53 Å². The van der Waals surface area contributed by atoms with Crippen LogP contribution in [0.15, 0.2) is 42.6 Å². The van der Waals surface area contributed by atoms with E-state index in [-0.39, 0.29) is 5.91 Å². The van der Waals surface area contributed by atoms with Gasteiger partial charge in [0, 0.05) is 30.7 Å². The first-order valence-electron chi connectivity index (χ1n) is 9.39. The summed E-state index contributed by atoms with van der Waals surface area (Å²) in [5.41, 5.74) is 1.72. The molecule has 0 saturated carbocycles. The third-order valence-electron chi connectivity index (χ3n) is 4.93. The van der Waals surface area contributed by atoms with Gasteiger partial charge in [-0.3, -0.25) is 14.7 Å². The van der Waals surface area contributed by atoms with E-state index in [4.69, 9.17) is 16.3 Å². The average molecular weight is 388 g/mol. The second-order valence-corrected chi connectivity index (χ2v) is 7.43. The average Bonchev–Trinajstić information content (AvgIpc) is 2.68. The largest absolute Gasteiger partial charge is 0.495 e. The van der Waals surface area contributed by atoms with Crippen molar-refractivity contribution in [1.29, 1.82) is 0 Å². The molecule has 1 aliphatic heterocycles. The molecule has 144 valence electrons. The van der Waals surface area contributed by atoms with Gasteiger partial charge in [0.1, 0.15) is 5.75 Å². The highest BCUT2D eigenvalue weighted by Crippen LogP contribution is 2.28. The highest BCUT2D eigenvalue weighted by atomic mass is 35.5. The van der Waals surface area contributed by atoms with Gasteiger partial charge in [-0.25, -0.2) is 0 Å². The Morgan fingerprint density at radius 2 is 2.26 bits per heavy atom. The lowest BCUT2D eigenvalue weighted by atomic mass is 9.93. The molecule has 1 aromatic heterocycles. The molecule has 0 aliphatic carbocycles. The molecule has 1 fully saturated rings. The Morgan fingerprint density at radius 1 is 1.37 bits per heavy atom. The summed E-state index contributed by atoms with van der Waals surface area (Å²) >= 11 is 6.02. The molecule has 1 atom stereocenters. The van der Waals surface area contributed by atoms with E-state index in [9.17, 15) is 4.79 Å². The monoisotopic (exact) mass is 387 g/mol. The van der Waals surface area contributed by atoms with E-state index in [2.05, 4.69) is 21.3 Å². The van der Waals surface area contributed by atoms with Gasteiger partial charge < -0.3 is 10.1 Å². The van der Waals surface area contributed by atoms with E-state index in [1.165, 1.54) is 12.8 Å². The molecule has 0 bridgehead atoms. The van der Waals surface area contributed by atoms with E-state index in [1.54, 1.807) is 25.3 Å². The molecule has 1 amide bonds. The van der Waals surface area contributed by atoms with E-state index < -0.39 is 0 Å². The molecule has 5 nitrogen and oxygen atoms in total. The fraction of sp³-hybridized carbons (Fsp3) is 0.429. The van der Waals surface area contributed by atoms with Crippen LogP contribution in [0.4, 0.5) is 5.69 Å². The number of ether oxygens (including phenoxy) is 1. The SMILES string of the molecule is COc1ccc(Cl)cc1NC(=O)CC[C@@H]1CCCN(Cc2ccccn2)C1. The predicted molar refractivity (Wildman–Crippen MR) is 108 cm³/mol. The van der Waals surface area contributed by atoms with E-state index in [0.29, 0.717) is 28.8 Å². The number of aromatic nitrogens is 1. The lowest BCUT2D eigenvalue weighted by Crippen LogP contribution is -2.35. The predicted octanol–water partition coefficient (Wildman–Crippen LogP) is 4.37. The van der Waals surface area contributed by atoms with Crippen molar-refractivity contribution in [3.8, 4) is 5.75 Å². The van der Waals surface area contributed by atoms with Gasteiger partial charge in [0.05, 0.1) is 18.5 Å². The number of rotatable bonds is 7. The van der Waals surface area contributed by atoms with Gasteiger partial charge in [-0.2, -0.15) is 0 Å². The summed E-state index contributed by atoms with van der Waals surface area (Å²) in [5, 5.41) is 3.49. The Balaban J connectivity index is 1.48. The van der Waals surface area contributed by atoms with Crippen LogP contribution in [0.1, 0.15) is 31.4 Å². The normalized spacial score (nSPS) is 17.5. The third kappa shape index (κ3) is 5.94. The molecule has 27 heavy (non-hydrogen) atoms. The summed E-state index contributed by atoms with van der Waals surface area (Å²) in [7, 11) is 1.58. The zero-order valence-corrected chi connectivity index (χ0v) is 16.4. The van der Waals surface area contributed by atoms with Crippen LogP contribution in [0, 0.1) is 5.92 Å². The summed E-state index contributed by atoms with van der Waals surface area (Å²) in [6, 6.07) is 11.2. The number of amides is 1. The second-order valence-electron chi connectivity index (χ2n) is 7.00. The first-order chi connectivity index (χ1) is 13.1. The first-order valence-corrected chi connectivity index (χ1v) is 9.77. The number of halogens is 1. The van der Waals surface area contributed by atoms with Gasteiger partial charge in [0.25, 0.3) is 0 Å². The summed E-state index contributed by atoms with van der Waals surface area (Å²) in [6.45, 7) is 2.99. The van der Waals surface area contributed by atoms with Crippen molar-refractivity contribution in [2.45, 2.75) is 32.2 Å². The zero-order chi connectivity index (χ0) is 19.1. The molecular formula is C21H26ClN3O2. The molecule has 0 spiro atoms. The molecule has 2 heterocycles. The molecule has 3 rings (SSSR count).